The van der Waals surface area contributed by atoms with Crippen molar-refractivity contribution in [1.29, 1.82) is 0 Å². The van der Waals surface area contributed by atoms with Crippen LogP contribution in [0.5, 0.6) is 0 Å². The average molecular weight is 296 g/mol. The van der Waals surface area contributed by atoms with Crippen LogP contribution < -0.4 is 0 Å². The summed E-state index contributed by atoms with van der Waals surface area (Å²) in [4.78, 5) is 10.6. The minimum atomic E-state index is -0.252. The summed E-state index contributed by atoms with van der Waals surface area (Å²) in [6, 6.07) is 0. The number of esters is 1. The van der Waals surface area contributed by atoms with Crippen molar-refractivity contribution in [3.05, 3.63) is 47.8 Å². The van der Waals surface area contributed by atoms with Crippen molar-refractivity contribution in [3.63, 3.8) is 0 Å². The van der Waals surface area contributed by atoms with Gasteiger partial charge in [0, 0.05) is 6.08 Å². The normalized spacial score (nSPS) is 8.86. The fraction of sp³-hybridized carbons (Fsp3) is 0.500. The Morgan fingerprint density at radius 1 is 1.05 bits per heavy atom. The highest BCUT2D eigenvalue weighted by atomic mass is 16.5. The molecule has 0 unspecified atom stereocenters. The summed E-state index contributed by atoms with van der Waals surface area (Å²) in [5, 5.41) is 0. The summed E-state index contributed by atoms with van der Waals surface area (Å²) in [5.74, 6) is 0.540. The van der Waals surface area contributed by atoms with Gasteiger partial charge in [0.2, 0.25) is 0 Å². The number of hydrogen-bond acceptors (Lipinski definition) is 3. The van der Waals surface area contributed by atoms with Crippen LogP contribution in [-0.2, 0) is 14.3 Å². The minimum absolute atomic E-state index is 0.252. The minimum Gasteiger partial charge on any atom is -0.497 e. The van der Waals surface area contributed by atoms with Crippen molar-refractivity contribution in [2.45, 2.75) is 48.5 Å². The predicted molar refractivity (Wildman–Crippen MR) is 92.1 cm³/mol. The van der Waals surface area contributed by atoms with E-state index >= 15 is 0 Å². The molecule has 0 saturated heterocycles. The second kappa shape index (κ2) is 18.2. The van der Waals surface area contributed by atoms with E-state index in [1.54, 1.807) is 20.1 Å². The Balaban J connectivity index is -0.000000277. The number of rotatable bonds is 5. The number of carbonyl (C=O) groups excluding carboxylic acids is 1. The molecule has 0 aromatic carbocycles. The maximum atomic E-state index is 10.6. The van der Waals surface area contributed by atoms with E-state index in [1.165, 1.54) is 11.6 Å². The topological polar surface area (TPSA) is 35.5 Å². The van der Waals surface area contributed by atoms with Crippen LogP contribution in [0.1, 0.15) is 48.5 Å². The number of methoxy groups -OCH3 is 1. The van der Waals surface area contributed by atoms with Gasteiger partial charge in [-0.3, -0.25) is 0 Å². The Morgan fingerprint density at radius 3 is 1.86 bits per heavy atom. The van der Waals surface area contributed by atoms with Gasteiger partial charge in [-0.05, 0) is 46.8 Å². The molecule has 0 atom stereocenters. The van der Waals surface area contributed by atoms with Gasteiger partial charge in [0.25, 0.3) is 0 Å². The molecule has 0 aliphatic heterocycles. The molecule has 0 aliphatic rings. The Bertz CT molecular complexity index is 353. The standard InChI is InChI=1S/C9H14O.C7H12O2.C2H6/c1-5-9(10-4)7-6-8(2)3;1-4-9-7(8)5-6(2)3;1-2/h5-7H,1H2,2-4H3;5H,4H2,1-3H3;1-2H3/b9-7+;;. The van der Waals surface area contributed by atoms with Gasteiger partial charge in [-0.2, -0.15) is 0 Å². The fourth-order valence-electron chi connectivity index (χ4n) is 0.888. The highest BCUT2D eigenvalue weighted by Gasteiger charge is 1.92. The molecule has 3 heteroatoms. The first kappa shape index (κ1) is 24.3. The molecule has 0 spiro atoms. The van der Waals surface area contributed by atoms with E-state index < -0.39 is 0 Å². The van der Waals surface area contributed by atoms with E-state index in [1.807, 2.05) is 53.7 Å². The van der Waals surface area contributed by atoms with E-state index in [4.69, 9.17) is 4.74 Å². The lowest BCUT2D eigenvalue weighted by atomic mass is 10.3. The van der Waals surface area contributed by atoms with Gasteiger partial charge in [-0.15, -0.1) is 0 Å². The summed E-state index contributed by atoms with van der Waals surface area (Å²) < 4.78 is 9.59. The van der Waals surface area contributed by atoms with E-state index in [0.29, 0.717) is 6.61 Å². The predicted octanol–water partition coefficient (Wildman–Crippen LogP) is 5.21. The fourth-order valence-corrected chi connectivity index (χ4v) is 0.888. The van der Waals surface area contributed by atoms with Crippen LogP contribution >= 0.6 is 0 Å². The molecule has 21 heavy (non-hydrogen) atoms. The van der Waals surface area contributed by atoms with Crippen LogP contribution in [0.15, 0.2) is 47.8 Å². The van der Waals surface area contributed by atoms with Crippen molar-refractivity contribution in [1.82, 2.24) is 0 Å². The van der Waals surface area contributed by atoms with Gasteiger partial charge in [-0.25, -0.2) is 4.79 Å². The molecular formula is C18H32O3. The molecule has 0 saturated carbocycles. The first-order valence-corrected chi connectivity index (χ1v) is 7.20. The summed E-state index contributed by atoms with van der Waals surface area (Å²) in [7, 11) is 1.63. The lowest BCUT2D eigenvalue weighted by molar-refractivity contribution is -0.137. The zero-order valence-corrected chi connectivity index (χ0v) is 14.9. The number of carbonyl (C=O) groups is 1. The Labute approximate surface area is 131 Å². The van der Waals surface area contributed by atoms with Crippen LogP contribution in [0.3, 0.4) is 0 Å². The van der Waals surface area contributed by atoms with Crippen molar-refractivity contribution in [2.75, 3.05) is 13.7 Å². The van der Waals surface area contributed by atoms with E-state index in [0.717, 1.165) is 11.3 Å². The summed E-state index contributed by atoms with van der Waals surface area (Å²) in [5.41, 5.74) is 2.21. The van der Waals surface area contributed by atoms with Crippen molar-refractivity contribution < 1.29 is 14.3 Å². The summed E-state index contributed by atoms with van der Waals surface area (Å²) in [6.07, 6.45) is 7.03. The number of allylic oxidation sites excluding steroid dienone is 5. The maximum Gasteiger partial charge on any atom is 0.330 e. The number of ether oxygens (including phenoxy) is 2. The van der Waals surface area contributed by atoms with Crippen LogP contribution in [0.4, 0.5) is 0 Å². The van der Waals surface area contributed by atoms with Crippen LogP contribution in [-0.4, -0.2) is 19.7 Å². The van der Waals surface area contributed by atoms with E-state index in [2.05, 4.69) is 11.3 Å². The van der Waals surface area contributed by atoms with Crippen molar-refractivity contribution >= 4 is 5.97 Å². The maximum absolute atomic E-state index is 10.6. The van der Waals surface area contributed by atoms with Crippen molar-refractivity contribution in [3.8, 4) is 0 Å². The zero-order chi connectivity index (χ0) is 17.3. The monoisotopic (exact) mass is 296 g/mol. The second-order valence-electron chi connectivity index (χ2n) is 4.20. The molecule has 0 fully saturated rings. The third kappa shape index (κ3) is 23.7. The third-order valence-electron chi connectivity index (χ3n) is 1.71. The van der Waals surface area contributed by atoms with Gasteiger partial charge in [-0.1, -0.05) is 37.6 Å². The zero-order valence-electron chi connectivity index (χ0n) is 14.9. The van der Waals surface area contributed by atoms with Crippen LogP contribution in [0.2, 0.25) is 0 Å². The SMILES string of the molecule is C=C/C(=C\C=C(C)C)OC.CC.CCOC(=O)C=C(C)C. The molecule has 0 N–H and O–H groups in total. The largest absolute Gasteiger partial charge is 0.497 e. The molecule has 0 radical (unpaired) electrons. The Hall–Kier alpha value is -1.77. The molecule has 3 nitrogen and oxygen atoms in total. The molecule has 0 aromatic heterocycles. The third-order valence-corrected chi connectivity index (χ3v) is 1.71. The molecule has 0 rings (SSSR count). The van der Waals surface area contributed by atoms with Gasteiger partial charge in [0.15, 0.2) is 0 Å². The summed E-state index contributed by atoms with van der Waals surface area (Å²) >= 11 is 0. The lowest BCUT2D eigenvalue weighted by Gasteiger charge is -1.95. The molecule has 122 valence electrons. The Kier molecular flexibility index (Phi) is 21.1. The molecule has 0 bridgehead atoms. The molecule has 0 heterocycles. The van der Waals surface area contributed by atoms with E-state index in [9.17, 15) is 4.79 Å². The van der Waals surface area contributed by atoms with Crippen LogP contribution in [0.25, 0.3) is 0 Å². The van der Waals surface area contributed by atoms with E-state index in [-0.39, 0.29) is 5.97 Å². The van der Waals surface area contributed by atoms with Crippen LogP contribution in [0, 0.1) is 0 Å². The summed E-state index contributed by atoms with van der Waals surface area (Å²) in [6.45, 7) is 17.6. The highest BCUT2D eigenvalue weighted by molar-refractivity contribution is 5.82. The van der Waals surface area contributed by atoms with Gasteiger partial charge in [0.05, 0.1) is 13.7 Å². The smallest absolute Gasteiger partial charge is 0.330 e. The van der Waals surface area contributed by atoms with Crippen molar-refractivity contribution in [2.24, 2.45) is 0 Å². The second-order valence-corrected chi connectivity index (χ2v) is 4.20. The quantitative estimate of drug-likeness (QED) is 0.302. The van der Waals surface area contributed by atoms with Gasteiger partial charge < -0.3 is 9.47 Å². The van der Waals surface area contributed by atoms with Gasteiger partial charge >= 0.3 is 5.97 Å². The first-order valence-electron chi connectivity index (χ1n) is 7.20. The lowest BCUT2D eigenvalue weighted by Crippen LogP contribution is -1.99. The molecular weight excluding hydrogens is 264 g/mol. The average Bonchev–Trinajstić information content (AvgIpc) is 2.42. The molecule has 0 amide bonds. The highest BCUT2D eigenvalue weighted by Crippen LogP contribution is 1.98. The number of hydrogen-bond donors (Lipinski definition) is 0. The first-order chi connectivity index (χ1) is 9.87. The molecule has 0 aromatic rings. The molecule has 0 aliphatic carbocycles. The van der Waals surface area contributed by atoms with Gasteiger partial charge in [0.1, 0.15) is 5.76 Å². The Morgan fingerprint density at radius 2 is 1.57 bits per heavy atom.